The number of rotatable bonds is 0. The third-order valence-electron chi connectivity index (χ3n) is 3.70. The summed E-state index contributed by atoms with van der Waals surface area (Å²) in [4.78, 5) is 52.3. The van der Waals surface area contributed by atoms with Gasteiger partial charge in [-0.3, -0.25) is 34.6 Å². The van der Waals surface area contributed by atoms with Crippen LogP contribution in [0, 0.1) is 5.41 Å². The van der Waals surface area contributed by atoms with Crippen molar-refractivity contribution < 1.29 is 24.0 Å². The molecule has 1 aliphatic carbocycles. The molecule has 4 amide bonds. The van der Waals surface area contributed by atoms with Crippen LogP contribution in [0.5, 0.6) is 0 Å². The minimum absolute atomic E-state index is 0.204. The first-order valence-corrected chi connectivity index (χ1v) is 8.17. The van der Waals surface area contributed by atoms with Gasteiger partial charge in [-0.15, -0.1) is 0 Å². The van der Waals surface area contributed by atoms with Crippen LogP contribution in [-0.4, -0.2) is 29.4 Å². The number of allylic oxidation sites excluding steroid dienone is 2. The third kappa shape index (κ3) is 6.96. The van der Waals surface area contributed by atoms with E-state index >= 15 is 0 Å². The van der Waals surface area contributed by atoms with Crippen LogP contribution >= 0.6 is 0 Å². The van der Waals surface area contributed by atoms with Crippen molar-refractivity contribution in [1.29, 1.82) is 0 Å². The lowest BCUT2D eigenvalue weighted by Gasteiger charge is -2.27. The Hall–Kier alpha value is -2.83. The first kappa shape index (κ1) is 21.2. The Bertz CT molecular complexity index is 712. The fourth-order valence-electron chi connectivity index (χ4n) is 2.68. The maximum atomic E-state index is 11.0. The van der Waals surface area contributed by atoms with Crippen molar-refractivity contribution in [2.24, 2.45) is 5.41 Å². The lowest BCUT2D eigenvalue weighted by atomic mass is 9.77. The highest BCUT2D eigenvalue weighted by Crippen LogP contribution is 2.32. The van der Waals surface area contributed by atoms with E-state index in [1.807, 2.05) is 6.92 Å². The van der Waals surface area contributed by atoms with Crippen LogP contribution in [0.3, 0.4) is 0 Å². The first-order valence-electron chi connectivity index (χ1n) is 8.17. The van der Waals surface area contributed by atoms with Gasteiger partial charge in [0.05, 0.1) is 0 Å². The van der Waals surface area contributed by atoms with E-state index in [0.717, 1.165) is 6.42 Å². The van der Waals surface area contributed by atoms with Crippen LogP contribution in [0.4, 0.5) is 0 Å². The second-order valence-electron chi connectivity index (χ2n) is 7.27. The highest BCUT2D eigenvalue weighted by molar-refractivity contribution is 6.16. The van der Waals surface area contributed by atoms with Crippen molar-refractivity contribution in [1.82, 2.24) is 10.6 Å². The van der Waals surface area contributed by atoms with Gasteiger partial charge >= 0.3 is 0 Å². The SMILES string of the molecule is CC1=CC(=O)CC(C)(C)C1.CC1=CC(=O)NC1=O.CC1=CC(=O)NC1=O. The second-order valence-corrected chi connectivity index (χ2v) is 7.27. The molecule has 26 heavy (non-hydrogen) atoms. The highest BCUT2D eigenvalue weighted by Gasteiger charge is 2.25. The molecule has 0 aromatic heterocycles. The van der Waals surface area contributed by atoms with Gasteiger partial charge in [0.2, 0.25) is 0 Å². The van der Waals surface area contributed by atoms with Crippen LogP contribution < -0.4 is 10.6 Å². The van der Waals surface area contributed by atoms with Crippen LogP contribution in [0.25, 0.3) is 0 Å². The smallest absolute Gasteiger partial charge is 0.253 e. The highest BCUT2D eigenvalue weighted by atomic mass is 16.2. The van der Waals surface area contributed by atoms with E-state index in [2.05, 4.69) is 24.5 Å². The molecule has 0 atom stereocenters. The number of carbonyl (C=O) groups is 5. The van der Waals surface area contributed by atoms with Crippen LogP contribution in [0.15, 0.2) is 34.9 Å². The fraction of sp³-hybridized carbons (Fsp3) is 0.421. The number of nitrogens with one attached hydrogen (secondary N) is 2. The summed E-state index contributed by atoms with van der Waals surface area (Å²) in [6, 6.07) is 0. The van der Waals surface area contributed by atoms with Crippen LogP contribution in [0.2, 0.25) is 0 Å². The summed E-state index contributed by atoms with van der Waals surface area (Å²) < 4.78 is 0. The third-order valence-corrected chi connectivity index (χ3v) is 3.70. The maximum absolute atomic E-state index is 11.0. The number of imide groups is 2. The Kier molecular flexibility index (Phi) is 6.94. The lowest BCUT2D eigenvalue weighted by molar-refractivity contribution is -0.125. The van der Waals surface area contributed by atoms with E-state index in [1.54, 1.807) is 19.9 Å². The van der Waals surface area contributed by atoms with E-state index in [-0.39, 0.29) is 34.8 Å². The van der Waals surface area contributed by atoms with E-state index < -0.39 is 0 Å². The zero-order chi connectivity index (χ0) is 20.1. The molecule has 0 bridgehead atoms. The molecule has 0 saturated heterocycles. The summed E-state index contributed by atoms with van der Waals surface area (Å²) in [7, 11) is 0. The zero-order valence-electron chi connectivity index (χ0n) is 15.7. The van der Waals surface area contributed by atoms with Gasteiger partial charge in [-0.2, -0.15) is 0 Å². The molecule has 2 aliphatic heterocycles. The van der Waals surface area contributed by atoms with Crippen molar-refractivity contribution in [3.05, 3.63) is 34.9 Å². The molecular weight excluding hydrogens is 336 g/mol. The molecule has 7 heteroatoms. The van der Waals surface area contributed by atoms with Crippen molar-refractivity contribution in [2.75, 3.05) is 0 Å². The summed E-state index contributed by atoms with van der Waals surface area (Å²) >= 11 is 0. The molecular formula is C19H24N2O5. The average molecular weight is 360 g/mol. The molecule has 3 rings (SSSR count). The number of carbonyl (C=O) groups excluding carboxylic acids is 5. The minimum atomic E-state index is -0.312. The Morgan fingerprint density at radius 2 is 1.15 bits per heavy atom. The van der Waals surface area contributed by atoms with Crippen molar-refractivity contribution in [3.8, 4) is 0 Å². The van der Waals surface area contributed by atoms with Gasteiger partial charge < -0.3 is 0 Å². The summed E-state index contributed by atoms with van der Waals surface area (Å²) in [5, 5.41) is 4.19. The number of hydrogen-bond acceptors (Lipinski definition) is 5. The van der Waals surface area contributed by atoms with Gasteiger partial charge in [0.15, 0.2) is 5.78 Å². The molecule has 0 aromatic carbocycles. The molecule has 3 aliphatic rings. The Morgan fingerprint density at radius 3 is 1.35 bits per heavy atom. The quantitative estimate of drug-likeness (QED) is 0.636. The van der Waals surface area contributed by atoms with Crippen molar-refractivity contribution in [2.45, 2.75) is 47.5 Å². The number of hydrogen-bond donors (Lipinski definition) is 2. The molecule has 0 unspecified atom stereocenters. The Morgan fingerprint density at radius 1 is 0.731 bits per heavy atom. The monoisotopic (exact) mass is 360 g/mol. The lowest BCUT2D eigenvalue weighted by Crippen LogP contribution is -2.21. The summed E-state index contributed by atoms with van der Waals surface area (Å²) in [5.74, 6) is -0.904. The van der Waals surface area contributed by atoms with E-state index in [1.165, 1.54) is 17.7 Å². The standard InChI is InChI=1S/C9H14O.2C5H5NO2/c1-7-4-8(10)6-9(2,3)5-7;2*1-3-2-4(7)6-5(3)8/h4H,5-6H2,1-3H3;2*2H,1H3,(H,6,7,8). The summed E-state index contributed by atoms with van der Waals surface area (Å²) in [5.41, 5.74) is 2.39. The summed E-state index contributed by atoms with van der Waals surface area (Å²) in [6.07, 6.45) is 6.11. The molecule has 2 N–H and O–H groups in total. The van der Waals surface area contributed by atoms with Gasteiger partial charge in [-0.05, 0) is 38.7 Å². The van der Waals surface area contributed by atoms with Crippen molar-refractivity contribution >= 4 is 29.4 Å². The number of ketones is 1. The predicted octanol–water partition coefficient (Wildman–Crippen LogP) is 1.50. The van der Waals surface area contributed by atoms with Gasteiger partial charge in [0.25, 0.3) is 23.6 Å². The largest absolute Gasteiger partial charge is 0.295 e. The van der Waals surface area contributed by atoms with E-state index in [0.29, 0.717) is 17.6 Å². The molecule has 0 aromatic rings. The Balaban J connectivity index is 0.000000197. The molecule has 7 nitrogen and oxygen atoms in total. The van der Waals surface area contributed by atoms with Crippen molar-refractivity contribution in [3.63, 3.8) is 0 Å². The normalized spacial score (nSPS) is 20.7. The van der Waals surface area contributed by atoms with E-state index in [4.69, 9.17) is 0 Å². The molecule has 0 radical (unpaired) electrons. The zero-order valence-corrected chi connectivity index (χ0v) is 15.7. The van der Waals surface area contributed by atoms with Gasteiger partial charge in [-0.1, -0.05) is 19.4 Å². The van der Waals surface area contributed by atoms with Gasteiger partial charge in [0.1, 0.15) is 0 Å². The average Bonchev–Trinajstić information content (AvgIpc) is 2.88. The minimum Gasteiger partial charge on any atom is -0.295 e. The molecule has 0 fully saturated rings. The fourth-order valence-corrected chi connectivity index (χ4v) is 2.68. The molecule has 2 heterocycles. The second kappa shape index (κ2) is 8.51. The molecule has 0 spiro atoms. The topological polar surface area (TPSA) is 109 Å². The van der Waals surface area contributed by atoms with Gasteiger partial charge in [0, 0.05) is 29.7 Å². The molecule has 0 saturated carbocycles. The molecule has 140 valence electrons. The maximum Gasteiger partial charge on any atom is 0.253 e. The Labute approximate surface area is 152 Å². The first-order chi connectivity index (χ1) is 11.9. The van der Waals surface area contributed by atoms with Gasteiger partial charge in [-0.25, -0.2) is 0 Å². The predicted molar refractivity (Wildman–Crippen MR) is 95.6 cm³/mol. The van der Waals surface area contributed by atoms with E-state index in [9.17, 15) is 24.0 Å². The number of amides is 4. The van der Waals surface area contributed by atoms with Crippen LogP contribution in [0.1, 0.15) is 47.5 Å². The summed E-state index contributed by atoms with van der Waals surface area (Å²) in [6.45, 7) is 9.50. The van der Waals surface area contributed by atoms with Crippen LogP contribution in [-0.2, 0) is 24.0 Å².